The van der Waals surface area contributed by atoms with Crippen LogP contribution in [0.5, 0.6) is 0 Å². The summed E-state index contributed by atoms with van der Waals surface area (Å²) in [5, 5.41) is 5.55. The number of rotatable bonds is 5. The van der Waals surface area contributed by atoms with Crippen LogP contribution in [0.2, 0.25) is 0 Å². The summed E-state index contributed by atoms with van der Waals surface area (Å²) in [4.78, 5) is 11.4. The number of benzene rings is 1. The second kappa shape index (κ2) is 9.95. The van der Waals surface area contributed by atoms with E-state index in [2.05, 4.69) is 34.2 Å². The normalized spacial score (nSPS) is 16.6. The van der Waals surface area contributed by atoms with Crippen LogP contribution in [0.1, 0.15) is 19.8 Å². The predicted octanol–water partition coefficient (Wildman–Crippen LogP) is 6.04. The van der Waals surface area contributed by atoms with Crippen LogP contribution in [0.3, 0.4) is 0 Å². The van der Waals surface area contributed by atoms with Crippen molar-refractivity contribution >= 4 is 54.5 Å². The fourth-order valence-corrected chi connectivity index (χ4v) is 5.07. The SMILES string of the molecule is CCOCC1CCCN1C.Fc1cc2scnc2c(F)c1Nc1ccnc2sccc12. The minimum absolute atomic E-state index is 0.180. The number of hydrogen-bond donors (Lipinski definition) is 1. The van der Waals surface area contributed by atoms with Gasteiger partial charge in [-0.1, -0.05) is 0 Å². The molecule has 164 valence electrons. The van der Waals surface area contributed by atoms with Crippen LogP contribution in [0.4, 0.5) is 20.2 Å². The summed E-state index contributed by atoms with van der Waals surface area (Å²) in [6, 6.07) is 5.55. The Morgan fingerprint density at radius 3 is 2.90 bits per heavy atom. The van der Waals surface area contributed by atoms with Gasteiger partial charge in [-0.15, -0.1) is 22.7 Å². The molecule has 1 saturated heterocycles. The monoisotopic (exact) mass is 462 g/mol. The van der Waals surface area contributed by atoms with Gasteiger partial charge >= 0.3 is 0 Å². The molecule has 31 heavy (non-hydrogen) atoms. The summed E-state index contributed by atoms with van der Waals surface area (Å²) in [5.74, 6) is -1.31. The van der Waals surface area contributed by atoms with Gasteiger partial charge in [0, 0.05) is 24.2 Å². The van der Waals surface area contributed by atoms with Crippen LogP contribution in [0.25, 0.3) is 20.4 Å². The summed E-state index contributed by atoms with van der Waals surface area (Å²) in [6.45, 7) is 5.07. The lowest BCUT2D eigenvalue weighted by atomic mass is 10.2. The summed E-state index contributed by atoms with van der Waals surface area (Å²) in [7, 11) is 2.18. The van der Waals surface area contributed by atoms with E-state index in [1.54, 1.807) is 12.3 Å². The summed E-state index contributed by atoms with van der Waals surface area (Å²) in [5.41, 5.74) is 2.11. The van der Waals surface area contributed by atoms with Crippen molar-refractivity contribution in [2.24, 2.45) is 0 Å². The average molecular weight is 463 g/mol. The van der Waals surface area contributed by atoms with E-state index < -0.39 is 11.6 Å². The van der Waals surface area contributed by atoms with Gasteiger partial charge in [0.1, 0.15) is 16.0 Å². The molecule has 3 aromatic heterocycles. The quantitative estimate of drug-likeness (QED) is 0.392. The number of halogens is 2. The Bertz CT molecular complexity index is 1160. The maximum Gasteiger partial charge on any atom is 0.176 e. The fraction of sp³-hybridized carbons (Fsp3) is 0.364. The smallest absolute Gasteiger partial charge is 0.176 e. The lowest BCUT2D eigenvalue weighted by molar-refractivity contribution is 0.0950. The van der Waals surface area contributed by atoms with Crippen molar-refractivity contribution < 1.29 is 13.5 Å². The third kappa shape index (κ3) is 4.85. The molecule has 1 unspecified atom stereocenters. The number of hydrogen-bond acceptors (Lipinski definition) is 7. The highest BCUT2D eigenvalue weighted by Crippen LogP contribution is 2.34. The molecular weight excluding hydrogens is 438 g/mol. The van der Waals surface area contributed by atoms with Crippen molar-refractivity contribution in [3.63, 3.8) is 0 Å². The van der Waals surface area contributed by atoms with E-state index in [4.69, 9.17) is 4.74 Å². The van der Waals surface area contributed by atoms with Gasteiger partial charge in [-0.25, -0.2) is 18.7 Å². The molecule has 0 radical (unpaired) electrons. The number of nitrogens with zero attached hydrogens (tertiary/aromatic N) is 3. The largest absolute Gasteiger partial charge is 0.380 e. The Hall–Kier alpha value is -2.20. The van der Waals surface area contributed by atoms with Crippen molar-refractivity contribution in [1.29, 1.82) is 0 Å². The van der Waals surface area contributed by atoms with E-state index in [9.17, 15) is 8.78 Å². The van der Waals surface area contributed by atoms with E-state index in [1.165, 1.54) is 53.6 Å². The Kier molecular flexibility index (Phi) is 7.06. The topological polar surface area (TPSA) is 50.3 Å². The number of aromatic nitrogens is 2. The minimum Gasteiger partial charge on any atom is -0.380 e. The highest BCUT2D eigenvalue weighted by Gasteiger charge is 2.20. The number of pyridine rings is 1. The highest BCUT2D eigenvalue weighted by molar-refractivity contribution is 7.17. The van der Waals surface area contributed by atoms with Crippen molar-refractivity contribution in [2.75, 3.05) is 32.1 Å². The lowest BCUT2D eigenvalue weighted by Gasteiger charge is -2.18. The Balaban J connectivity index is 0.000000196. The first-order chi connectivity index (χ1) is 15.1. The number of likely N-dealkylation sites (tertiary alicyclic amines) is 1. The number of ether oxygens (including phenoxy) is 1. The maximum absolute atomic E-state index is 14.4. The maximum atomic E-state index is 14.4. The molecule has 5 nitrogen and oxygen atoms in total. The average Bonchev–Trinajstić information content (AvgIpc) is 3.51. The van der Waals surface area contributed by atoms with Crippen molar-refractivity contribution in [3.05, 3.63) is 46.9 Å². The number of nitrogens with one attached hydrogen (secondary N) is 1. The zero-order valence-electron chi connectivity index (χ0n) is 17.4. The number of thiazole rings is 1. The second-order valence-corrected chi connectivity index (χ2v) is 9.09. The zero-order chi connectivity index (χ0) is 21.8. The van der Waals surface area contributed by atoms with Gasteiger partial charge in [-0.3, -0.25) is 0 Å². The van der Waals surface area contributed by atoms with Gasteiger partial charge in [0.2, 0.25) is 0 Å². The van der Waals surface area contributed by atoms with Crippen molar-refractivity contribution in [1.82, 2.24) is 14.9 Å². The fourth-order valence-electron chi connectivity index (χ4n) is 3.61. The van der Waals surface area contributed by atoms with Crippen LogP contribution in [-0.2, 0) is 4.74 Å². The second-order valence-electron chi connectivity index (χ2n) is 7.31. The summed E-state index contributed by atoms with van der Waals surface area (Å²) >= 11 is 2.68. The minimum atomic E-state index is -0.675. The standard InChI is InChI=1S/C14H7F2N3S2.C8H17NO/c15-8-5-10-13(18-6-21-10)11(16)12(8)19-9-1-3-17-14-7(9)2-4-20-14;1-3-10-7-8-5-4-6-9(8)2/h1-6H,(H,17,19);8H,3-7H2,1-2H3. The van der Waals surface area contributed by atoms with E-state index in [1.807, 2.05) is 11.4 Å². The Morgan fingerprint density at radius 1 is 1.26 bits per heavy atom. The van der Waals surface area contributed by atoms with Gasteiger partial charge in [0.25, 0.3) is 0 Å². The first-order valence-electron chi connectivity index (χ1n) is 10.2. The molecule has 4 heterocycles. The van der Waals surface area contributed by atoms with Crippen LogP contribution >= 0.6 is 22.7 Å². The number of thiophene rings is 1. The lowest BCUT2D eigenvalue weighted by Crippen LogP contribution is -2.29. The molecule has 0 saturated carbocycles. The summed E-state index contributed by atoms with van der Waals surface area (Å²) in [6.07, 6.45) is 4.27. The molecule has 0 spiro atoms. The highest BCUT2D eigenvalue weighted by atomic mass is 32.1. The molecule has 0 bridgehead atoms. The molecule has 1 aliphatic heterocycles. The molecule has 1 atom stereocenters. The molecule has 4 aromatic rings. The van der Waals surface area contributed by atoms with Crippen molar-refractivity contribution in [3.8, 4) is 0 Å². The third-order valence-electron chi connectivity index (χ3n) is 5.33. The molecule has 1 aliphatic rings. The van der Waals surface area contributed by atoms with E-state index in [0.29, 0.717) is 16.4 Å². The molecule has 0 aliphatic carbocycles. The van der Waals surface area contributed by atoms with Gasteiger partial charge in [0.15, 0.2) is 11.6 Å². The summed E-state index contributed by atoms with van der Waals surface area (Å²) < 4.78 is 34.4. The van der Waals surface area contributed by atoms with Crippen molar-refractivity contribution in [2.45, 2.75) is 25.8 Å². The van der Waals surface area contributed by atoms with Gasteiger partial charge in [0.05, 0.1) is 22.5 Å². The van der Waals surface area contributed by atoms with Crippen LogP contribution in [0.15, 0.2) is 35.3 Å². The number of fused-ring (bicyclic) bond motifs is 2. The molecule has 0 amide bonds. The van der Waals surface area contributed by atoms with Crippen LogP contribution in [-0.4, -0.2) is 47.7 Å². The Labute approximate surface area is 187 Å². The Morgan fingerprint density at radius 2 is 2.13 bits per heavy atom. The van der Waals surface area contributed by atoms with Gasteiger partial charge < -0.3 is 15.0 Å². The predicted molar refractivity (Wildman–Crippen MR) is 125 cm³/mol. The molecule has 1 aromatic carbocycles. The molecule has 9 heteroatoms. The van der Waals surface area contributed by atoms with Crippen LogP contribution in [0, 0.1) is 11.6 Å². The molecular formula is C22H24F2N4OS2. The molecule has 5 rings (SSSR count). The van der Waals surface area contributed by atoms with Gasteiger partial charge in [-0.05, 0) is 56.9 Å². The third-order valence-corrected chi connectivity index (χ3v) is 6.93. The number of anilines is 2. The zero-order valence-corrected chi connectivity index (χ0v) is 19.0. The van der Waals surface area contributed by atoms with E-state index in [-0.39, 0.29) is 11.2 Å². The first-order valence-corrected chi connectivity index (χ1v) is 11.9. The molecule has 1 fully saturated rings. The van der Waals surface area contributed by atoms with E-state index >= 15 is 0 Å². The number of likely N-dealkylation sites (N-methyl/N-ethyl adjacent to an activating group) is 1. The first kappa shape index (κ1) is 22.0. The van der Waals surface area contributed by atoms with E-state index in [0.717, 1.165) is 23.4 Å². The molecule has 1 N–H and O–H groups in total. The van der Waals surface area contributed by atoms with Crippen LogP contribution < -0.4 is 5.32 Å². The van der Waals surface area contributed by atoms with Gasteiger partial charge in [-0.2, -0.15) is 0 Å².